The van der Waals surface area contributed by atoms with E-state index in [9.17, 15) is 0 Å². The molecule has 0 saturated carbocycles. The fraction of sp³-hybridized carbons (Fsp3) is 0.929. The van der Waals surface area contributed by atoms with Crippen LogP contribution in [0.5, 0.6) is 0 Å². The second-order valence-electron chi connectivity index (χ2n) is 4.93. The van der Waals surface area contributed by atoms with Crippen molar-refractivity contribution in [3.8, 4) is 0 Å². The summed E-state index contributed by atoms with van der Waals surface area (Å²) in [6.07, 6.45) is 5.52. The highest BCUT2D eigenvalue weighted by Gasteiger charge is 2.18. The summed E-state index contributed by atoms with van der Waals surface area (Å²) in [5.74, 6) is 0.119. The third kappa shape index (κ3) is 11.0. The Kier molecular flexibility index (Phi) is 12.6. The van der Waals surface area contributed by atoms with Gasteiger partial charge in [-0.1, -0.05) is 26.7 Å². The van der Waals surface area contributed by atoms with E-state index in [1.165, 1.54) is 0 Å². The van der Waals surface area contributed by atoms with Crippen molar-refractivity contribution in [2.24, 2.45) is 22.2 Å². The molecule has 0 aliphatic heterocycles. The Morgan fingerprint density at radius 2 is 1.55 bits per heavy atom. The van der Waals surface area contributed by atoms with Gasteiger partial charge in [0.1, 0.15) is 0 Å². The van der Waals surface area contributed by atoms with Gasteiger partial charge in [0.2, 0.25) is 0 Å². The molecular formula is C14H32N4O2. The molecule has 0 fully saturated rings. The fourth-order valence-corrected chi connectivity index (χ4v) is 1.65. The van der Waals surface area contributed by atoms with Gasteiger partial charge in [0, 0.05) is 19.8 Å². The van der Waals surface area contributed by atoms with E-state index in [1.54, 1.807) is 0 Å². The summed E-state index contributed by atoms with van der Waals surface area (Å²) in [7, 11) is 0. The summed E-state index contributed by atoms with van der Waals surface area (Å²) in [5, 5.41) is 0. The van der Waals surface area contributed by atoms with Gasteiger partial charge in [-0.05, 0) is 25.7 Å². The first-order valence-electron chi connectivity index (χ1n) is 7.66. The van der Waals surface area contributed by atoms with Crippen LogP contribution in [-0.4, -0.2) is 38.0 Å². The van der Waals surface area contributed by atoms with Crippen LogP contribution in [0.3, 0.4) is 0 Å². The average molecular weight is 288 g/mol. The zero-order valence-corrected chi connectivity index (χ0v) is 13.0. The van der Waals surface area contributed by atoms with Crippen LogP contribution in [0.2, 0.25) is 0 Å². The van der Waals surface area contributed by atoms with E-state index in [1.807, 2.05) is 0 Å². The van der Waals surface area contributed by atoms with Crippen molar-refractivity contribution < 1.29 is 9.47 Å². The molecule has 6 nitrogen and oxygen atoms in total. The lowest BCUT2D eigenvalue weighted by Gasteiger charge is -2.24. The highest BCUT2D eigenvalue weighted by molar-refractivity contribution is 5.75. The SMILES string of the molecule is CCCCOC(OCCCC)[C@@H](N)CCCN=C(N)N. The van der Waals surface area contributed by atoms with Crippen LogP contribution in [0.15, 0.2) is 4.99 Å². The maximum absolute atomic E-state index is 6.14. The third-order valence-corrected chi connectivity index (χ3v) is 2.90. The second-order valence-corrected chi connectivity index (χ2v) is 4.93. The molecule has 0 spiro atoms. The largest absolute Gasteiger partial charge is 0.370 e. The quantitative estimate of drug-likeness (QED) is 0.205. The van der Waals surface area contributed by atoms with Gasteiger partial charge in [-0.15, -0.1) is 0 Å². The lowest BCUT2D eigenvalue weighted by Crippen LogP contribution is -2.39. The normalized spacial score (nSPS) is 12.6. The molecule has 0 radical (unpaired) electrons. The lowest BCUT2D eigenvalue weighted by atomic mass is 10.1. The van der Waals surface area contributed by atoms with Crippen molar-refractivity contribution in [2.75, 3.05) is 19.8 Å². The summed E-state index contributed by atoms with van der Waals surface area (Å²) in [6.45, 7) is 6.23. The topological polar surface area (TPSA) is 109 Å². The first-order valence-corrected chi connectivity index (χ1v) is 7.66. The maximum atomic E-state index is 6.14. The number of aliphatic imine (C=N–C) groups is 1. The predicted molar refractivity (Wildman–Crippen MR) is 83.4 cm³/mol. The Balaban J connectivity index is 4.02. The number of guanidine groups is 1. The third-order valence-electron chi connectivity index (χ3n) is 2.90. The highest BCUT2D eigenvalue weighted by Crippen LogP contribution is 2.08. The van der Waals surface area contributed by atoms with E-state index in [-0.39, 0.29) is 18.3 Å². The molecule has 0 bridgehead atoms. The standard InChI is InChI=1S/C14H32N4O2/c1-3-5-10-19-13(20-11-6-4-2)12(15)8-7-9-18-14(16)17/h12-13H,3-11,15H2,1-2H3,(H4,16,17,18)/t12-/m0/s1. The average Bonchev–Trinajstić information content (AvgIpc) is 2.42. The van der Waals surface area contributed by atoms with Crippen molar-refractivity contribution in [3.05, 3.63) is 0 Å². The number of nitrogens with zero attached hydrogens (tertiary/aromatic N) is 1. The Morgan fingerprint density at radius 3 is 2.00 bits per heavy atom. The minimum Gasteiger partial charge on any atom is -0.370 e. The zero-order chi connectivity index (χ0) is 15.2. The van der Waals surface area contributed by atoms with Gasteiger partial charge in [-0.25, -0.2) is 0 Å². The number of ether oxygens (including phenoxy) is 2. The second kappa shape index (κ2) is 13.1. The van der Waals surface area contributed by atoms with Gasteiger partial charge in [0.15, 0.2) is 12.2 Å². The van der Waals surface area contributed by atoms with Crippen LogP contribution in [0.1, 0.15) is 52.4 Å². The molecular weight excluding hydrogens is 256 g/mol. The molecule has 0 aliphatic carbocycles. The summed E-state index contributed by atoms with van der Waals surface area (Å²) < 4.78 is 11.5. The first kappa shape index (κ1) is 19.1. The lowest BCUT2D eigenvalue weighted by molar-refractivity contribution is -0.156. The number of rotatable bonds is 13. The van der Waals surface area contributed by atoms with Crippen LogP contribution in [0, 0.1) is 0 Å². The van der Waals surface area contributed by atoms with Crippen molar-refractivity contribution in [2.45, 2.75) is 64.7 Å². The van der Waals surface area contributed by atoms with Gasteiger partial charge < -0.3 is 26.7 Å². The van der Waals surface area contributed by atoms with Crippen LogP contribution < -0.4 is 17.2 Å². The van der Waals surface area contributed by atoms with E-state index in [4.69, 9.17) is 26.7 Å². The van der Waals surface area contributed by atoms with Gasteiger partial charge >= 0.3 is 0 Å². The minimum atomic E-state index is -0.327. The van der Waals surface area contributed by atoms with Crippen molar-refractivity contribution in [1.29, 1.82) is 0 Å². The van der Waals surface area contributed by atoms with E-state index in [2.05, 4.69) is 18.8 Å². The highest BCUT2D eigenvalue weighted by atomic mass is 16.7. The monoisotopic (exact) mass is 288 g/mol. The van der Waals surface area contributed by atoms with Crippen LogP contribution in [0.4, 0.5) is 0 Å². The molecule has 0 aromatic heterocycles. The van der Waals surface area contributed by atoms with Crippen LogP contribution >= 0.6 is 0 Å². The number of hydrogen-bond acceptors (Lipinski definition) is 4. The minimum absolute atomic E-state index is 0.119. The summed E-state index contributed by atoms with van der Waals surface area (Å²) in [6, 6.07) is -0.141. The first-order chi connectivity index (χ1) is 9.61. The number of unbranched alkanes of at least 4 members (excludes halogenated alkanes) is 2. The molecule has 6 N–H and O–H groups in total. The van der Waals surface area contributed by atoms with E-state index < -0.39 is 0 Å². The zero-order valence-electron chi connectivity index (χ0n) is 13.0. The molecule has 6 heteroatoms. The summed E-state index contributed by atoms with van der Waals surface area (Å²) in [5.41, 5.74) is 16.7. The Hall–Kier alpha value is -0.850. The van der Waals surface area contributed by atoms with Gasteiger partial charge in [0.05, 0.1) is 6.04 Å². The number of hydrogen-bond donors (Lipinski definition) is 3. The molecule has 0 saturated heterocycles. The van der Waals surface area contributed by atoms with Crippen molar-refractivity contribution >= 4 is 5.96 Å². The molecule has 0 heterocycles. The smallest absolute Gasteiger partial charge is 0.185 e. The molecule has 0 aliphatic rings. The Labute approximate surface area is 123 Å². The van der Waals surface area contributed by atoms with Crippen LogP contribution in [0.25, 0.3) is 0 Å². The van der Waals surface area contributed by atoms with E-state index in [0.717, 1.165) is 38.5 Å². The van der Waals surface area contributed by atoms with Gasteiger partial charge in [0.25, 0.3) is 0 Å². The van der Waals surface area contributed by atoms with Gasteiger partial charge in [-0.3, -0.25) is 4.99 Å². The van der Waals surface area contributed by atoms with Gasteiger partial charge in [-0.2, -0.15) is 0 Å². The van der Waals surface area contributed by atoms with Crippen molar-refractivity contribution in [1.82, 2.24) is 0 Å². The molecule has 20 heavy (non-hydrogen) atoms. The maximum Gasteiger partial charge on any atom is 0.185 e. The molecule has 0 unspecified atom stereocenters. The number of nitrogens with two attached hydrogens (primary N) is 3. The predicted octanol–water partition coefficient (Wildman–Crippen LogP) is 1.33. The molecule has 1 atom stereocenters. The van der Waals surface area contributed by atoms with Crippen LogP contribution in [-0.2, 0) is 9.47 Å². The Bertz CT molecular complexity index is 235. The summed E-state index contributed by atoms with van der Waals surface area (Å²) >= 11 is 0. The fourth-order valence-electron chi connectivity index (χ4n) is 1.65. The summed E-state index contributed by atoms with van der Waals surface area (Å²) in [4.78, 5) is 3.94. The molecule has 0 aromatic rings. The van der Waals surface area contributed by atoms with E-state index in [0.29, 0.717) is 19.8 Å². The molecule has 0 aromatic carbocycles. The molecule has 120 valence electrons. The van der Waals surface area contributed by atoms with Crippen molar-refractivity contribution in [3.63, 3.8) is 0 Å². The molecule has 0 rings (SSSR count). The van der Waals surface area contributed by atoms with E-state index >= 15 is 0 Å². The Morgan fingerprint density at radius 1 is 1.00 bits per heavy atom. The molecule has 0 amide bonds.